The van der Waals surface area contributed by atoms with Gasteiger partial charge in [-0.1, -0.05) is 12.5 Å². The largest absolute Gasteiger partial charge is 0.504 e. The van der Waals surface area contributed by atoms with E-state index in [1.54, 1.807) is 6.07 Å². The van der Waals surface area contributed by atoms with E-state index in [9.17, 15) is 10.2 Å². The minimum absolute atomic E-state index is 0.0615. The number of hydrogen-bond acceptors (Lipinski definition) is 3. The summed E-state index contributed by atoms with van der Waals surface area (Å²) >= 11 is 0. The van der Waals surface area contributed by atoms with Crippen LogP contribution in [0.3, 0.4) is 0 Å². The van der Waals surface area contributed by atoms with Gasteiger partial charge in [-0.25, -0.2) is 0 Å². The van der Waals surface area contributed by atoms with Gasteiger partial charge in [0.1, 0.15) is 6.10 Å². The van der Waals surface area contributed by atoms with Crippen LogP contribution in [0.15, 0.2) is 12.1 Å². The minimum atomic E-state index is -0.611. The molecule has 4 atom stereocenters. The summed E-state index contributed by atoms with van der Waals surface area (Å²) in [7, 11) is 0. The van der Waals surface area contributed by atoms with Crippen molar-refractivity contribution in [3.63, 3.8) is 0 Å². The number of hydrogen-bond donors (Lipinski definition) is 2. The van der Waals surface area contributed by atoms with Gasteiger partial charge in [0.2, 0.25) is 0 Å². The molecule has 20 heavy (non-hydrogen) atoms. The maximum atomic E-state index is 11.5. The van der Waals surface area contributed by atoms with Crippen LogP contribution in [0.4, 0.5) is 0 Å². The third kappa shape index (κ3) is 0.996. The molecule has 2 saturated carbocycles. The molecule has 3 nitrogen and oxygen atoms in total. The predicted molar refractivity (Wildman–Crippen MR) is 74.0 cm³/mol. The zero-order valence-corrected chi connectivity index (χ0v) is 11.6. The highest BCUT2D eigenvalue weighted by Gasteiger charge is 2.69. The lowest BCUT2D eigenvalue weighted by Crippen LogP contribution is -2.67. The van der Waals surface area contributed by atoms with Gasteiger partial charge in [-0.15, -0.1) is 0 Å². The Balaban J connectivity index is 1.88. The van der Waals surface area contributed by atoms with Crippen LogP contribution in [-0.2, 0) is 11.8 Å². The summed E-state index contributed by atoms with van der Waals surface area (Å²) in [4.78, 5) is 0. The quantitative estimate of drug-likeness (QED) is 0.763. The first kappa shape index (κ1) is 11.4. The van der Waals surface area contributed by atoms with Crippen molar-refractivity contribution >= 4 is 0 Å². The molecule has 3 heteroatoms. The fourth-order valence-electron chi connectivity index (χ4n) is 5.85. The summed E-state index contributed by atoms with van der Waals surface area (Å²) in [6, 6.07) is 3.82. The predicted octanol–water partition coefficient (Wildman–Crippen LogP) is 2.66. The van der Waals surface area contributed by atoms with Crippen molar-refractivity contribution in [2.24, 2.45) is 5.92 Å². The molecule has 3 aliphatic carbocycles. The molecule has 0 radical (unpaired) electrons. The first-order valence-corrected chi connectivity index (χ1v) is 7.91. The molecule has 1 aromatic carbocycles. The number of aliphatic hydroxyl groups is 1. The standard InChI is InChI=1S/C17H20O3/c18-12-6-5-10-9-11-3-1-7-16-13(20-15(12)14(10)16)4-2-8-17(11,16)19/h5-6,11,13,18-19H,1-4,7-9H2/t11-,13+,16?,17-/m1/s1. The van der Waals surface area contributed by atoms with Gasteiger partial charge >= 0.3 is 0 Å². The maximum Gasteiger partial charge on any atom is 0.165 e. The molecule has 1 spiro atoms. The van der Waals surface area contributed by atoms with E-state index in [1.165, 1.54) is 12.0 Å². The molecule has 0 aromatic heterocycles. The first-order chi connectivity index (χ1) is 9.67. The molecule has 106 valence electrons. The van der Waals surface area contributed by atoms with E-state index in [0.29, 0.717) is 11.7 Å². The van der Waals surface area contributed by atoms with E-state index < -0.39 is 5.60 Å². The van der Waals surface area contributed by atoms with Crippen molar-refractivity contribution in [2.45, 2.75) is 62.1 Å². The van der Waals surface area contributed by atoms with E-state index in [4.69, 9.17) is 4.74 Å². The van der Waals surface area contributed by atoms with E-state index in [0.717, 1.165) is 44.1 Å². The summed E-state index contributed by atoms with van der Waals surface area (Å²) in [5.74, 6) is 1.29. The van der Waals surface area contributed by atoms with Crippen LogP contribution in [0.5, 0.6) is 11.5 Å². The van der Waals surface area contributed by atoms with E-state index in [1.807, 2.05) is 6.07 Å². The van der Waals surface area contributed by atoms with Crippen LogP contribution < -0.4 is 4.74 Å². The van der Waals surface area contributed by atoms with Crippen LogP contribution in [0.1, 0.15) is 49.7 Å². The summed E-state index contributed by atoms with van der Waals surface area (Å²) in [6.07, 6.45) is 7.23. The van der Waals surface area contributed by atoms with Crippen LogP contribution in [-0.4, -0.2) is 21.9 Å². The van der Waals surface area contributed by atoms with Crippen LogP contribution in [0.25, 0.3) is 0 Å². The summed E-state index contributed by atoms with van der Waals surface area (Å²) in [5.41, 5.74) is 1.60. The van der Waals surface area contributed by atoms with Crippen molar-refractivity contribution in [2.75, 3.05) is 0 Å². The molecule has 1 aromatic rings. The van der Waals surface area contributed by atoms with E-state index in [2.05, 4.69) is 0 Å². The Morgan fingerprint density at radius 1 is 1.15 bits per heavy atom. The number of benzene rings is 1. The molecule has 1 unspecified atom stereocenters. The molecule has 1 aliphatic heterocycles. The molecule has 4 aliphatic rings. The maximum absolute atomic E-state index is 11.5. The second-order valence-corrected chi connectivity index (χ2v) is 7.14. The molecule has 0 amide bonds. The van der Waals surface area contributed by atoms with Crippen LogP contribution in [0, 0.1) is 5.92 Å². The van der Waals surface area contributed by atoms with Crippen molar-refractivity contribution in [1.29, 1.82) is 0 Å². The molecule has 2 fully saturated rings. The smallest absolute Gasteiger partial charge is 0.165 e. The number of phenolic OH excluding ortho intramolecular Hbond substituents is 1. The molecule has 0 saturated heterocycles. The van der Waals surface area contributed by atoms with Crippen molar-refractivity contribution in [1.82, 2.24) is 0 Å². The summed E-state index contributed by atoms with van der Waals surface area (Å²) < 4.78 is 6.16. The van der Waals surface area contributed by atoms with Gasteiger partial charge in [0.15, 0.2) is 11.5 Å². The second kappa shape index (κ2) is 3.33. The molecular weight excluding hydrogens is 252 g/mol. The highest BCUT2D eigenvalue weighted by Crippen LogP contribution is 2.67. The molecular formula is C17H20O3. The van der Waals surface area contributed by atoms with Gasteiger partial charge in [0.25, 0.3) is 0 Å². The van der Waals surface area contributed by atoms with Crippen molar-refractivity contribution in [3.8, 4) is 11.5 Å². The van der Waals surface area contributed by atoms with Gasteiger partial charge < -0.3 is 14.9 Å². The van der Waals surface area contributed by atoms with Crippen molar-refractivity contribution in [3.05, 3.63) is 23.3 Å². The highest BCUT2D eigenvalue weighted by atomic mass is 16.5. The van der Waals surface area contributed by atoms with Crippen LogP contribution >= 0.6 is 0 Å². The van der Waals surface area contributed by atoms with E-state index in [-0.39, 0.29) is 17.3 Å². The number of ether oxygens (including phenoxy) is 1. The lowest BCUT2D eigenvalue weighted by molar-refractivity contribution is -0.168. The number of phenols is 1. The van der Waals surface area contributed by atoms with Gasteiger partial charge in [0, 0.05) is 5.56 Å². The zero-order chi connectivity index (χ0) is 13.5. The minimum Gasteiger partial charge on any atom is -0.504 e. The lowest BCUT2D eigenvalue weighted by atomic mass is 9.46. The van der Waals surface area contributed by atoms with E-state index >= 15 is 0 Å². The second-order valence-electron chi connectivity index (χ2n) is 7.14. The number of aromatic hydroxyl groups is 1. The Morgan fingerprint density at radius 2 is 2.00 bits per heavy atom. The van der Waals surface area contributed by atoms with Gasteiger partial charge in [-0.2, -0.15) is 0 Å². The fourth-order valence-corrected chi connectivity index (χ4v) is 5.85. The molecule has 1 heterocycles. The number of rotatable bonds is 0. The fraction of sp³-hybridized carbons (Fsp3) is 0.647. The van der Waals surface area contributed by atoms with Gasteiger partial charge in [0.05, 0.1) is 11.0 Å². The highest BCUT2D eigenvalue weighted by molar-refractivity contribution is 5.61. The first-order valence-electron chi connectivity index (χ1n) is 7.91. The van der Waals surface area contributed by atoms with Crippen molar-refractivity contribution < 1.29 is 14.9 Å². The van der Waals surface area contributed by atoms with Crippen LogP contribution in [0.2, 0.25) is 0 Å². The molecule has 2 N–H and O–H groups in total. The molecule has 5 rings (SSSR count). The lowest BCUT2D eigenvalue weighted by Gasteiger charge is -2.60. The Bertz CT molecular complexity index is 610. The monoisotopic (exact) mass is 272 g/mol. The average Bonchev–Trinajstić information content (AvgIpc) is 2.75. The average molecular weight is 272 g/mol. The van der Waals surface area contributed by atoms with Gasteiger partial charge in [-0.05, 0) is 56.1 Å². The normalized spacial score (nSPS) is 43.9. The van der Waals surface area contributed by atoms with Gasteiger partial charge in [-0.3, -0.25) is 0 Å². The topological polar surface area (TPSA) is 49.7 Å². The third-order valence-electron chi connectivity index (χ3n) is 6.54. The summed E-state index contributed by atoms with van der Waals surface area (Å²) in [6.45, 7) is 0. The zero-order valence-electron chi connectivity index (χ0n) is 11.6. The SMILES string of the molecule is Oc1ccc2c3c1O[C@H]1CCC[C@@]4(O)[C@H](CCCC314)C2. The molecule has 2 bridgehead atoms. The third-order valence-corrected chi connectivity index (χ3v) is 6.54. The Morgan fingerprint density at radius 3 is 2.90 bits per heavy atom. The Hall–Kier alpha value is -1.22. The Kier molecular flexibility index (Phi) is 1.90. The Labute approximate surface area is 118 Å². The summed E-state index contributed by atoms with van der Waals surface area (Å²) in [5, 5.41) is 21.7.